The van der Waals surface area contributed by atoms with E-state index in [4.69, 9.17) is 0 Å². The Balaban J connectivity index is 1.33. The minimum Gasteiger partial charge on any atom is -0.311 e. The predicted molar refractivity (Wildman–Crippen MR) is 250 cm³/mol. The van der Waals surface area contributed by atoms with Crippen LogP contribution in [0.5, 0.6) is 0 Å². The van der Waals surface area contributed by atoms with Crippen LogP contribution in [-0.4, -0.2) is 14.8 Å². The summed E-state index contributed by atoms with van der Waals surface area (Å²) in [4.78, 5) is 5.27. The second-order valence-corrected chi connectivity index (χ2v) is 23.4. The molecule has 10 rings (SSSR count). The normalized spacial score (nSPS) is 14.8. The molecule has 7 aromatic carbocycles. The molecule has 0 unspecified atom stereocenters. The molecule has 0 fully saturated rings. The fraction of sp³-hybridized carbons (Fsp3) is 0.208. The first kappa shape index (κ1) is 35.8. The Hall–Kier alpha value is -5.58. The molecule has 4 heteroatoms. The zero-order valence-electron chi connectivity index (χ0n) is 34.8. The van der Waals surface area contributed by atoms with Gasteiger partial charge in [-0.2, -0.15) is 0 Å². The number of hydrogen-bond acceptors (Lipinski definition) is 2. The van der Waals surface area contributed by atoms with Crippen molar-refractivity contribution in [1.29, 1.82) is 0 Å². The van der Waals surface area contributed by atoms with Gasteiger partial charge in [0.25, 0.3) is 6.71 Å². The third-order valence-corrected chi connectivity index (χ3v) is 16.6. The van der Waals surface area contributed by atoms with Crippen LogP contribution in [0.15, 0.2) is 146 Å². The number of aryl methyl sites for hydroxylation is 1. The summed E-state index contributed by atoms with van der Waals surface area (Å²) in [5, 5.41) is 3.11. The lowest BCUT2D eigenvalue weighted by Crippen LogP contribution is -2.79. The number of benzene rings is 7. The lowest BCUT2D eigenvalue weighted by atomic mass is 9.33. The topological polar surface area (TPSA) is 6.48 Å². The molecule has 0 saturated carbocycles. The molecule has 7 aromatic rings. The minimum absolute atomic E-state index is 0.0126. The van der Waals surface area contributed by atoms with Crippen LogP contribution >= 0.6 is 0 Å². The molecule has 3 aliphatic heterocycles. The molecule has 0 saturated heterocycles. The Morgan fingerprint density at radius 1 is 0.421 bits per heavy atom. The predicted octanol–water partition coefficient (Wildman–Crippen LogP) is 11.1. The fourth-order valence-electron chi connectivity index (χ4n) is 10.1. The van der Waals surface area contributed by atoms with Gasteiger partial charge in [-0.3, -0.25) is 0 Å². The largest absolute Gasteiger partial charge is 0.311 e. The summed E-state index contributed by atoms with van der Waals surface area (Å²) in [6, 6.07) is 55.8. The molecule has 280 valence electrons. The van der Waals surface area contributed by atoms with E-state index in [1.54, 1.807) is 10.4 Å². The zero-order chi connectivity index (χ0) is 39.6. The maximum Gasteiger partial charge on any atom is 0.251 e. The average molecular weight is 755 g/mol. The van der Waals surface area contributed by atoms with E-state index in [9.17, 15) is 0 Å². The van der Waals surface area contributed by atoms with Gasteiger partial charge < -0.3 is 9.80 Å². The van der Waals surface area contributed by atoms with E-state index in [0.717, 1.165) is 0 Å². The molecule has 0 aliphatic carbocycles. The summed E-state index contributed by atoms with van der Waals surface area (Å²) in [5.74, 6) is 0. The Bertz CT molecular complexity index is 2570. The molecular weight excluding hydrogens is 703 g/mol. The molecule has 57 heavy (non-hydrogen) atoms. The van der Waals surface area contributed by atoms with Crippen LogP contribution in [0, 0.1) is 6.92 Å². The van der Waals surface area contributed by atoms with Gasteiger partial charge in [-0.05, 0) is 110 Å². The molecule has 0 bridgehead atoms. The van der Waals surface area contributed by atoms with Crippen molar-refractivity contribution in [3.05, 3.63) is 162 Å². The van der Waals surface area contributed by atoms with Crippen molar-refractivity contribution in [3.63, 3.8) is 0 Å². The van der Waals surface area contributed by atoms with Gasteiger partial charge in [0.2, 0.25) is 0 Å². The van der Waals surface area contributed by atoms with Crippen molar-refractivity contribution in [2.45, 2.75) is 72.4 Å². The van der Waals surface area contributed by atoms with Gasteiger partial charge in [0, 0.05) is 33.9 Å². The molecule has 3 aliphatic rings. The van der Waals surface area contributed by atoms with Gasteiger partial charge in [0.15, 0.2) is 0 Å². The molecule has 0 radical (unpaired) electrons. The van der Waals surface area contributed by atoms with Crippen LogP contribution < -0.4 is 36.6 Å². The Morgan fingerprint density at radius 3 is 1.25 bits per heavy atom. The van der Waals surface area contributed by atoms with Gasteiger partial charge in [0.1, 0.15) is 8.07 Å². The van der Waals surface area contributed by atoms with Crippen LogP contribution in [0.2, 0.25) is 13.1 Å². The van der Waals surface area contributed by atoms with Crippen molar-refractivity contribution >= 4 is 75.7 Å². The summed E-state index contributed by atoms with van der Waals surface area (Å²) in [7, 11) is -2.16. The molecule has 0 aromatic heterocycles. The average Bonchev–Trinajstić information content (AvgIpc) is 3.19. The molecule has 2 nitrogen and oxygen atoms in total. The Kier molecular flexibility index (Phi) is 7.83. The van der Waals surface area contributed by atoms with E-state index < -0.39 is 8.07 Å². The SMILES string of the molecule is Cc1cc2c3c(c1)N(c1ccc(C(C)(C)C)cc1-c1ccccc1)c1cccc4c1B3c1c(cccc1[Si]4(C)C)N2c1ccc(C(C)(C)C)cc1-c1ccccc1. The van der Waals surface area contributed by atoms with Gasteiger partial charge in [-0.25, -0.2) is 0 Å². The van der Waals surface area contributed by atoms with E-state index in [1.807, 2.05) is 0 Å². The van der Waals surface area contributed by atoms with Crippen LogP contribution in [0.25, 0.3) is 22.3 Å². The first-order valence-electron chi connectivity index (χ1n) is 20.6. The van der Waals surface area contributed by atoms with E-state index in [1.165, 1.54) is 89.5 Å². The first-order chi connectivity index (χ1) is 27.2. The van der Waals surface area contributed by atoms with Gasteiger partial charge in [-0.15, -0.1) is 0 Å². The van der Waals surface area contributed by atoms with E-state index in [0.29, 0.717) is 0 Å². The van der Waals surface area contributed by atoms with Gasteiger partial charge in [-0.1, -0.05) is 162 Å². The Morgan fingerprint density at radius 2 is 0.842 bits per heavy atom. The highest BCUT2D eigenvalue weighted by Crippen LogP contribution is 2.49. The smallest absolute Gasteiger partial charge is 0.251 e. The van der Waals surface area contributed by atoms with Crippen LogP contribution in [0.1, 0.15) is 58.2 Å². The molecule has 0 atom stereocenters. The van der Waals surface area contributed by atoms with Crippen molar-refractivity contribution in [2.24, 2.45) is 0 Å². The molecule has 0 spiro atoms. The third-order valence-electron chi connectivity index (χ3n) is 13.0. The second kappa shape index (κ2) is 12.5. The minimum atomic E-state index is -2.16. The van der Waals surface area contributed by atoms with E-state index in [-0.39, 0.29) is 17.5 Å². The van der Waals surface area contributed by atoms with E-state index >= 15 is 0 Å². The molecular formula is C53H51BN2Si. The van der Waals surface area contributed by atoms with Crippen LogP contribution in [-0.2, 0) is 10.8 Å². The fourth-order valence-corrected chi connectivity index (χ4v) is 13.3. The highest BCUT2D eigenvalue weighted by atomic mass is 28.3. The summed E-state index contributed by atoms with van der Waals surface area (Å²) in [5.41, 5.74) is 21.0. The molecule has 3 heterocycles. The number of rotatable bonds is 4. The van der Waals surface area contributed by atoms with Crippen LogP contribution in [0.4, 0.5) is 34.1 Å². The lowest BCUT2D eigenvalue weighted by molar-refractivity contribution is 0.590. The summed E-state index contributed by atoms with van der Waals surface area (Å²) >= 11 is 0. The molecule has 0 amide bonds. The van der Waals surface area contributed by atoms with Crippen molar-refractivity contribution in [2.75, 3.05) is 9.80 Å². The molecule has 0 N–H and O–H groups in total. The van der Waals surface area contributed by atoms with Crippen molar-refractivity contribution in [1.82, 2.24) is 0 Å². The highest BCUT2D eigenvalue weighted by molar-refractivity contribution is 7.16. The first-order valence-corrected chi connectivity index (χ1v) is 23.6. The summed E-state index contributed by atoms with van der Waals surface area (Å²) in [6.07, 6.45) is 0. The number of hydrogen-bond donors (Lipinski definition) is 0. The van der Waals surface area contributed by atoms with Crippen LogP contribution in [0.3, 0.4) is 0 Å². The quantitative estimate of drug-likeness (QED) is 0.165. The third kappa shape index (κ3) is 5.37. The second-order valence-electron chi connectivity index (χ2n) is 19.1. The standard InChI is InChI=1S/C53H51BN2Si/c1-34-30-45-49-46(31-34)56(42-29-27-38(53(5,6)7)33-40(42)36-20-14-11-15-21-36)44-23-17-25-48-51(44)54(49)50-43(22-16-24-47(50)57(48,8)9)55(45)41-28-26-37(52(2,3)4)32-39(41)35-18-12-10-13-19-35/h10-33H,1-9H3. The van der Waals surface area contributed by atoms with Crippen molar-refractivity contribution < 1.29 is 0 Å². The maximum absolute atomic E-state index is 2.64. The zero-order valence-corrected chi connectivity index (χ0v) is 35.8. The number of anilines is 6. The van der Waals surface area contributed by atoms with Crippen molar-refractivity contribution in [3.8, 4) is 22.3 Å². The van der Waals surface area contributed by atoms with Gasteiger partial charge in [0.05, 0.1) is 11.4 Å². The van der Waals surface area contributed by atoms with Gasteiger partial charge >= 0.3 is 0 Å². The lowest BCUT2D eigenvalue weighted by Gasteiger charge is -2.50. The summed E-state index contributed by atoms with van der Waals surface area (Å²) in [6.45, 7) is 21.5. The monoisotopic (exact) mass is 754 g/mol. The highest BCUT2D eigenvalue weighted by Gasteiger charge is 2.52. The maximum atomic E-state index is 2.64. The summed E-state index contributed by atoms with van der Waals surface area (Å²) < 4.78 is 0. The number of nitrogens with zero attached hydrogens (tertiary/aromatic N) is 2. The van der Waals surface area contributed by atoms with E-state index in [2.05, 4.69) is 217 Å². The Labute approximate surface area is 340 Å².